The minimum absolute atomic E-state index is 0.0235. The Morgan fingerprint density at radius 1 is 1.35 bits per heavy atom. The fraction of sp³-hybridized carbons (Fsp3) is 0.565. The number of hydrogen-bond donors (Lipinski definition) is 2. The molecule has 0 bridgehead atoms. The molecule has 7 nitrogen and oxygen atoms in total. The molecule has 0 radical (unpaired) electrons. The van der Waals surface area contributed by atoms with Crippen molar-refractivity contribution in [2.45, 2.75) is 51.0 Å². The third kappa shape index (κ3) is 4.92. The summed E-state index contributed by atoms with van der Waals surface area (Å²) in [5.41, 5.74) is 2.54. The van der Waals surface area contributed by atoms with Gasteiger partial charge in [0, 0.05) is 24.3 Å². The Hall–Kier alpha value is -2.00. The highest BCUT2D eigenvalue weighted by molar-refractivity contribution is 7.09. The summed E-state index contributed by atoms with van der Waals surface area (Å²) >= 11 is 1.33. The zero-order valence-electron chi connectivity index (χ0n) is 18.2. The lowest BCUT2D eigenvalue weighted by molar-refractivity contribution is -0.0811. The molecule has 0 spiro atoms. The van der Waals surface area contributed by atoms with Crippen LogP contribution >= 0.6 is 11.3 Å². The van der Waals surface area contributed by atoms with E-state index in [2.05, 4.69) is 28.9 Å². The Bertz CT molecular complexity index is 930. The average Bonchev–Trinajstić information content (AvgIpc) is 3.32. The predicted molar refractivity (Wildman–Crippen MR) is 118 cm³/mol. The van der Waals surface area contributed by atoms with Gasteiger partial charge in [-0.1, -0.05) is 6.07 Å². The smallest absolute Gasteiger partial charge is 0.355 e. The lowest BCUT2D eigenvalue weighted by atomic mass is 9.87. The summed E-state index contributed by atoms with van der Waals surface area (Å²) < 4.78 is 12.4. The van der Waals surface area contributed by atoms with E-state index in [9.17, 15) is 9.90 Å². The number of aliphatic hydroxyl groups excluding tert-OH is 1. The highest BCUT2D eigenvalue weighted by Crippen LogP contribution is 2.46. The minimum atomic E-state index is -1.02. The number of ether oxygens (including phenoxy) is 2. The zero-order valence-corrected chi connectivity index (χ0v) is 19.0. The van der Waals surface area contributed by atoms with Gasteiger partial charge in [0.05, 0.1) is 18.8 Å². The molecule has 2 heterocycles. The van der Waals surface area contributed by atoms with Crippen molar-refractivity contribution in [1.82, 2.24) is 9.88 Å². The first kappa shape index (κ1) is 22.2. The minimum Gasteiger partial charge on any atom is -0.493 e. The molecule has 1 aliphatic carbocycles. The number of aryl methyl sites for hydroxylation is 1. The third-order valence-electron chi connectivity index (χ3n) is 6.36. The molecule has 0 unspecified atom stereocenters. The second kappa shape index (κ2) is 9.24. The Balaban J connectivity index is 1.38. The fourth-order valence-corrected chi connectivity index (χ4v) is 5.58. The monoisotopic (exact) mass is 446 g/mol. The van der Waals surface area contributed by atoms with Crippen LogP contribution in [-0.4, -0.2) is 59.0 Å². The van der Waals surface area contributed by atoms with Crippen LogP contribution in [0.4, 0.5) is 0 Å². The van der Waals surface area contributed by atoms with Crippen molar-refractivity contribution >= 4 is 17.3 Å². The molecule has 1 saturated heterocycles. The van der Waals surface area contributed by atoms with Crippen molar-refractivity contribution in [2.24, 2.45) is 11.8 Å². The predicted octanol–water partition coefficient (Wildman–Crippen LogP) is 3.51. The van der Waals surface area contributed by atoms with Gasteiger partial charge in [0.2, 0.25) is 0 Å². The number of thiazole rings is 1. The van der Waals surface area contributed by atoms with E-state index in [-0.39, 0.29) is 29.7 Å². The van der Waals surface area contributed by atoms with Gasteiger partial charge in [0.25, 0.3) is 0 Å². The molecule has 31 heavy (non-hydrogen) atoms. The molecule has 1 saturated carbocycles. The van der Waals surface area contributed by atoms with E-state index >= 15 is 0 Å². The van der Waals surface area contributed by atoms with E-state index in [0.29, 0.717) is 18.0 Å². The number of rotatable bonds is 7. The number of fused-ring (bicyclic) bond motifs is 1. The maximum atomic E-state index is 11.1. The van der Waals surface area contributed by atoms with Crippen LogP contribution in [0.25, 0.3) is 0 Å². The first-order chi connectivity index (χ1) is 14.8. The quantitative estimate of drug-likeness (QED) is 0.672. The molecule has 1 aromatic carbocycles. The second-order valence-corrected chi connectivity index (χ2v) is 9.77. The van der Waals surface area contributed by atoms with Crippen molar-refractivity contribution in [2.75, 3.05) is 20.7 Å². The zero-order chi connectivity index (χ0) is 22.1. The number of benzene rings is 1. The summed E-state index contributed by atoms with van der Waals surface area (Å²) in [4.78, 5) is 17.4. The summed E-state index contributed by atoms with van der Waals surface area (Å²) in [6.07, 6.45) is 1.54. The van der Waals surface area contributed by atoms with E-state index < -0.39 is 12.1 Å². The molecule has 2 fully saturated rings. The molecule has 1 aromatic heterocycles. The van der Waals surface area contributed by atoms with Crippen LogP contribution in [0.2, 0.25) is 0 Å². The number of aromatic nitrogens is 1. The standard InChI is InChI=1S/C23H30N2O5S/c1-13-4-5-15(8-14(13)10-25(2)3)29-11-17-16-6-7-20(30-21(16)9-19(17)26)22-24-18(12-31-22)23(27)28/h4-5,8,12,16-17,19-21,26H,6-7,9-11H2,1-3H3,(H,27,28)/t16-,17-,19+,20-,21+/m1/s1. The maximum absolute atomic E-state index is 11.1. The Morgan fingerprint density at radius 3 is 2.87 bits per heavy atom. The Morgan fingerprint density at radius 2 is 2.16 bits per heavy atom. The van der Waals surface area contributed by atoms with Gasteiger partial charge in [-0.3, -0.25) is 0 Å². The normalized spacial score (nSPS) is 28.0. The summed E-state index contributed by atoms with van der Waals surface area (Å²) in [5, 5.41) is 22.1. The van der Waals surface area contributed by atoms with Gasteiger partial charge in [0.15, 0.2) is 5.69 Å². The second-order valence-electron chi connectivity index (χ2n) is 8.88. The summed E-state index contributed by atoms with van der Waals surface area (Å²) in [6.45, 7) is 3.42. The SMILES string of the molecule is Cc1ccc(OC[C@@H]2[C@H]3CC[C@H](c4nc(C(=O)O)cs4)O[C@H]3C[C@@H]2O)cc1CN(C)C. The van der Waals surface area contributed by atoms with Crippen molar-refractivity contribution in [1.29, 1.82) is 0 Å². The number of aromatic carboxylic acids is 1. The summed E-state index contributed by atoms with van der Waals surface area (Å²) in [6, 6.07) is 6.16. The van der Waals surface area contributed by atoms with Gasteiger partial charge in [0.1, 0.15) is 16.9 Å². The molecular weight excluding hydrogens is 416 g/mol. The van der Waals surface area contributed by atoms with Crippen molar-refractivity contribution in [3.63, 3.8) is 0 Å². The number of nitrogens with zero attached hydrogens (tertiary/aromatic N) is 2. The molecule has 8 heteroatoms. The van der Waals surface area contributed by atoms with Crippen LogP contribution in [0.15, 0.2) is 23.6 Å². The highest BCUT2D eigenvalue weighted by atomic mass is 32.1. The molecule has 168 valence electrons. The number of carboxylic acid groups (broad SMARTS) is 1. The van der Waals surface area contributed by atoms with E-state index in [1.165, 1.54) is 22.5 Å². The molecule has 2 aliphatic rings. The van der Waals surface area contributed by atoms with Gasteiger partial charge in [-0.15, -0.1) is 11.3 Å². The molecule has 2 aromatic rings. The van der Waals surface area contributed by atoms with Crippen LogP contribution < -0.4 is 4.74 Å². The van der Waals surface area contributed by atoms with Crippen molar-refractivity contribution in [3.05, 3.63) is 45.4 Å². The molecule has 2 N–H and O–H groups in total. The molecule has 1 aliphatic heterocycles. The van der Waals surface area contributed by atoms with E-state index in [4.69, 9.17) is 14.6 Å². The highest BCUT2D eigenvalue weighted by Gasteiger charge is 2.47. The lowest BCUT2D eigenvalue weighted by Gasteiger charge is -2.33. The van der Waals surface area contributed by atoms with Crippen LogP contribution in [0, 0.1) is 18.8 Å². The van der Waals surface area contributed by atoms with Gasteiger partial charge >= 0.3 is 5.97 Å². The van der Waals surface area contributed by atoms with Crippen molar-refractivity contribution < 1.29 is 24.5 Å². The fourth-order valence-electron chi connectivity index (χ4n) is 4.72. The summed E-state index contributed by atoms with van der Waals surface area (Å²) in [7, 11) is 4.10. The topological polar surface area (TPSA) is 92.1 Å². The number of aliphatic hydroxyl groups is 1. The molecule has 0 amide bonds. The van der Waals surface area contributed by atoms with Crippen LogP contribution in [0.3, 0.4) is 0 Å². The first-order valence-electron chi connectivity index (χ1n) is 10.7. The van der Waals surface area contributed by atoms with Crippen LogP contribution in [0.1, 0.15) is 52.0 Å². The maximum Gasteiger partial charge on any atom is 0.355 e. The van der Waals surface area contributed by atoms with Gasteiger partial charge in [-0.05, 0) is 63.0 Å². The number of hydrogen-bond acceptors (Lipinski definition) is 7. The largest absolute Gasteiger partial charge is 0.493 e. The van der Waals surface area contributed by atoms with E-state index in [1.54, 1.807) is 5.38 Å². The van der Waals surface area contributed by atoms with Gasteiger partial charge in [-0.25, -0.2) is 9.78 Å². The van der Waals surface area contributed by atoms with Crippen LogP contribution in [0.5, 0.6) is 5.75 Å². The van der Waals surface area contributed by atoms with Gasteiger partial charge in [-0.2, -0.15) is 0 Å². The van der Waals surface area contributed by atoms with Crippen molar-refractivity contribution in [3.8, 4) is 5.75 Å². The average molecular weight is 447 g/mol. The Kier molecular flexibility index (Phi) is 6.62. The molecule has 5 atom stereocenters. The number of carbonyl (C=O) groups is 1. The third-order valence-corrected chi connectivity index (χ3v) is 7.30. The molecular formula is C23H30N2O5S. The van der Waals surface area contributed by atoms with Crippen LogP contribution in [-0.2, 0) is 11.3 Å². The first-order valence-corrected chi connectivity index (χ1v) is 11.6. The summed E-state index contributed by atoms with van der Waals surface area (Å²) in [5.74, 6) is 0.0681. The Labute approximate surface area is 186 Å². The van der Waals surface area contributed by atoms with E-state index in [1.807, 2.05) is 20.2 Å². The van der Waals surface area contributed by atoms with Gasteiger partial charge < -0.3 is 24.6 Å². The van der Waals surface area contributed by atoms with E-state index in [0.717, 1.165) is 25.1 Å². The molecule has 4 rings (SSSR count). The lowest BCUT2D eigenvalue weighted by Crippen LogP contribution is -2.33. The number of carboxylic acids is 1.